The molecule has 0 aliphatic rings. The first-order valence-corrected chi connectivity index (χ1v) is 4.29. The molecule has 0 heterocycles. The zero-order valence-corrected chi connectivity index (χ0v) is 7.65. The normalized spacial score (nSPS) is 13.0. The van der Waals surface area contributed by atoms with Gasteiger partial charge < -0.3 is 0 Å². The van der Waals surface area contributed by atoms with E-state index in [-0.39, 0.29) is 0 Å². The quantitative estimate of drug-likeness (QED) is 0.631. The van der Waals surface area contributed by atoms with Crippen LogP contribution in [0.4, 0.5) is 0 Å². The molecule has 0 N–H and O–H groups in total. The Labute approximate surface area is 73.2 Å². The summed E-state index contributed by atoms with van der Waals surface area (Å²) in [7, 11) is 0. The maximum atomic E-state index is 5.79. The lowest BCUT2D eigenvalue weighted by molar-refractivity contribution is 0.732. The molecular weight excluding hydrogens is 156 g/mol. The Morgan fingerprint density at radius 3 is 2.82 bits per heavy atom. The monoisotopic (exact) mass is 167 g/mol. The maximum Gasteiger partial charge on any atom is 0.0487 e. The average Bonchev–Trinajstić information content (AvgIpc) is 2.03. The van der Waals surface area contributed by atoms with Gasteiger partial charge in [0.1, 0.15) is 0 Å². The Morgan fingerprint density at radius 2 is 2.27 bits per heavy atom. The molecule has 11 heavy (non-hydrogen) atoms. The zero-order valence-electron chi connectivity index (χ0n) is 6.89. The van der Waals surface area contributed by atoms with Crippen molar-refractivity contribution in [2.45, 2.75) is 26.2 Å². The summed E-state index contributed by atoms with van der Waals surface area (Å²) < 4.78 is 0. The molecule has 0 fully saturated rings. The second-order valence-electron chi connectivity index (χ2n) is 2.76. The minimum atomic E-state index is 0.564. The van der Waals surface area contributed by atoms with Crippen LogP contribution in [-0.4, -0.2) is 0 Å². The first-order chi connectivity index (χ1) is 5.24. The van der Waals surface area contributed by atoms with Gasteiger partial charge in [0, 0.05) is 11.1 Å². The molecular formula is C10H12Cl. The van der Waals surface area contributed by atoms with Gasteiger partial charge in [-0.15, -0.1) is 0 Å². The second-order valence-corrected chi connectivity index (χ2v) is 3.17. The Balaban J connectivity index is 2.86. The topological polar surface area (TPSA) is 0 Å². The zero-order chi connectivity index (χ0) is 8.27. The van der Waals surface area contributed by atoms with Gasteiger partial charge in [-0.25, -0.2) is 0 Å². The fourth-order valence-corrected chi connectivity index (χ4v) is 1.15. The lowest BCUT2D eigenvalue weighted by atomic mass is 9.99. The number of benzene rings is 1. The molecule has 1 atom stereocenters. The van der Waals surface area contributed by atoms with E-state index in [4.69, 9.17) is 11.6 Å². The summed E-state index contributed by atoms with van der Waals surface area (Å²) in [6.07, 6.45) is 1.14. The lowest BCUT2D eigenvalue weighted by Crippen LogP contribution is -1.90. The largest absolute Gasteiger partial charge is 0.0837 e. The van der Waals surface area contributed by atoms with Crippen molar-refractivity contribution >= 4 is 11.6 Å². The summed E-state index contributed by atoms with van der Waals surface area (Å²) in [6, 6.07) is 9.02. The highest BCUT2D eigenvalue weighted by molar-refractivity contribution is 6.30. The molecule has 1 unspecified atom stereocenters. The molecule has 1 radical (unpaired) electrons. The van der Waals surface area contributed by atoms with Gasteiger partial charge in [0.05, 0.1) is 0 Å². The first kappa shape index (κ1) is 8.61. The molecule has 0 aliphatic heterocycles. The van der Waals surface area contributed by atoms with E-state index in [1.807, 2.05) is 12.1 Å². The molecule has 0 amide bonds. The van der Waals surface area contributed by atoms with E-state index in [1.54, 1.807) is 0 Å². The van der Waals surface area contributed by atoms with Gasteiger partial charge in [0.25, 0.3) is 0 Å². The van der Waals surface area contributed by atoms with Crippen LogP contribution in [0.25, 0.3) is 0 Å². The van der Waals surface area contributed by atoms with Gasteiger partial charge in [-0.3, -0.25) is 0 Å². The molecule has 1 aromatic carbocycles. The van der Waals surface area contributed by atoms with E-state index in [0.29, 0.717) is 10.9 Å². The smallest absolute Gasteiger partial charge is 0.0487 e. The Morgan fingerprint density at radius 1 is 1.55 bits per heavy atom. The van der Waals surface area contributed by atoms with Crippen LogP contribution >= 0.6 is 11.6 Å². The van der Waals surface area contributed by atoms with E-state index in [1.165, 1.54) is 5.56 Å². The van der Waals surface area contributed by atoms with E-state index in [0.717, 1.165) is 6.42 Å². The molecule has 0 aliphatic carbocycles. The summed E-state index contributed by atoms with van der Waals surface area (Å²) in [5, 5.41) is 0.711. The lowest BCUT2D eigenvalue weighted by Gasteiger charge is -2.07. The van der Waals surface area contributed by atoms with Crippen molar-refractivity contribution in [3.05, 3.63) is 34.9 Å². The van der Waals surface area contributed by atoms with Crippen molar-refractivity contribution in [2.24, 2.45) is 0 Å². The van der Waals surface area contributed by atoms with Crippen molar-refractivity contribution in [3.63, 3.8) is 0 Å². The highest BCUT2D eigenvalue weighted by Gasteiger charge is 2.02. The highest BCUT2D eigenvalue weighted by atomic mass is 35.5. The minimum Gasteiger partial charge on any atom is -0.0837 e. The van der Waals surface area contributed by atoms with Gasteiger partial charge in [-0.05, 0) is 24.0 Å². The third-order valence-corrected chi connectivity index (χ3v) is 2.15. The van der Waals surface area contributed by atoms with E-state index in [9.17, 15) is 0 Å². The SMILES string of the molecule is CCC(C)c1[c]c(Cl)ccc1. The standard InChI is InChI=1S/C10H12Cl/c1-3-8(2)9-5-4-6-10(11)7-9/h4-6,8H,3H2,1-2H3. The summed E-state index contributed by atoms with van der Waals surface area (Å²) >= 11 is 5.79. The predicted octanol–water partition coefficient (Wildman–Crippen LogP) is 3.65. The molecule has 0 saturated carbocycles. The maximum absolute atomic E-state index is 5.79. The number of halogens is 1. The van der Waals surface area contributed by atoms with Crippen LogP contribution in [0.2, 0.25) is 5.02 Å². The molecule has 0 nitrogen and oxygen atoms in total. The summed E-state index contributed by atoms with van der Waals surface area (Å²) in [5.41, 5.74) is 1.21. The Bertz CT molecular complexity index is 230. The molecule has 1 heteroatoms. The van der Waals surface area contributed by atoms with Crippen molar-refractivity contribution in [3.8, 4) is 0 Å². The molecule has 0 aromatic heterocycles. The Hall–Kier alpha value is -0.490. The van der Waals surface area contributed by atoms with Crippen LogP contribution in [0.5, 0.6) is 0 Å². The van der Waals surface area contributed by atoms with Crippen LogP contribution in [0.1, 0.15) is 31.7 Å². The third kappa shape index (κ3) is 2.23. The number of rotatable bonds is 2. The average molecular weight is 168 g/mol. The van der Waals surface area contributed by atoms with Crippen molar-refractivity contribution in [2.75, 3.05) is 0 Å². The number of hydrogen-bond donors (Lipinski definition) is 0. The third-order valence-electron chi connectivity index (χ3n) is 1.93. The molecule has 0 spiro atoms. The second kappa shape index (κ2) is 3.77. The van der Waals surface area contributed by atoms with Crippen LogP contribution in [0.3, 0.4) is 0 Å². The first-order valence-electron chi connectivity index (χ1n) is 3.91. The molecule has 0 bridgehead atoms. The molecule has 0 saturated heterocycles. The van der Waals surface area contributed by atoms with Crippen LogP contribution in [0.15, 0.2) is 18.2 Å². The van der Waals surface area contributed by atoms with Crippen LogP contribution < -0.4 is 0 Å². The summed E-state index contributed by atoms with van der Waals surface area (Å²) in [4.78, 5) is 0. The molecule has 59 valence electrons. The van der Waals surface area contributed by atoms with Gasteiger partial charge in [0.2, 0.25) is 0 Å². The van der Waals surface area contributed by atoms with Gasteiger partial charge >= 0.3 is 0 Å². The van der Waals surface area contributed by atoms with Crippen LogP contribution in [0, 0.1) is 6.07 Å². The fraction of sp³-hybridized carbons (Fsp3) is 0.400. The van der Waals surface area contributed by atoms with E-state index in [2.05, 4.69) is 26.0 Å². The summed E-state index contributed by atoms with van der Waals surface area (Å²) in [6.45, 7) is 4.35. The van der Waals surface area contributed by atoms with Gasteiger partial charge in [-0.1, -0.05) is 37.6 Å². The fourth-order valence-electron chi connectivity index (χ4n) is 0.965. The van der Waals surface area contributed by atoms with E-state index >= 15 is 0 Å². The van der Waals surface area contributed by atoms with E-state index < -0.39 is 0 Å². The number of hydrogen-bond acceptors (Lipinski definition) is 0. The highest BCUT2D eigenvalue weighted by Crippen LogP contribution is 2.20. The Kier molecular flexibility index (Phi) is 2.95. The predicted molar refractivity (Wildman–Crippen MR) is 49.0 cm³/mol. The van der Waals surface area contributed by atoms with Gasteiger partial charge in [0.15, 0.2) is 0 Å². The van der Waals surface area contributed by atoms with Crippen molar-refractivity contribution < 1.29 is 0 Å². The molecule has 1 rings (SSSR count). The summed E-state index contributed by atoms with van der Waals surface area (Å²) in [5.74, 6) is 0.564. The van der Waals surface area contributed by atoms with Crippen molar-refractivity contribution in [1.29, 1.82) is 0 Å². The van der Waals surface area contributed by atoms with Crippen LogP contribution in [-0.2, 0) is 0 Å². The van der Waals surface area contributed by atoms with Crippen molar-refractivity contribution in [1.82, 2.24) is 0 Å². The van der Waals surface area contributed by atoms with Gasteiger partial charge in [-0.2, -0.15) is 0 Å². The molecule has 1 aromatic rings. The minimum absolute atomic E-state index is 0.564.